The number of thiophene rings is 1. The Morgan fingerprint density at radius 3 is 2.76 bits per heavy atom. The van der Waals surface area contributed by atoms with Gasteiger partial charge >= 0.3 is 0 Å². The average Bonchev–Trinajstić information content (AvgIpc) is 2.55. The minimum absolute atomic E-state index is 0.708. The van der Waals surface area contributed by atoms with Crippen LogP contribution in [0.5, 0.6) is 0 Å². The molecule has 0 radical (unpaired) electrons. The summed E-state index contributed by atoms with van der Waals surface area (Å²) in [7, 11) is 0. The van der Waals surface area contributed by atoms with Gasteiger partial charge in [-0.25, -0.2) is 0 Å². The van der Waals surface area contributed by atoms with Crippen molar-refractivity contribution in [3.05, 3.63) is 20.3 Å². The monoisotopic (exact) mass is 319 g/mol. The lowest BCUT2D eigenvalue weighted by atomic mass is 10.2. The first kappa shape index (κ1) is 15.2. The summed E-state index contributed by atoms with van der Waals surface area (Å²) in [4.78, 5) is 2.74. The van der Waals surface area contributed by atoms with Crippen molar-refractivity contribution in [2.75, 3.05) is 26.3 Å². The minimum Gasteiger partial charge on any atom is -0.380 e. The van der Waals surface area contributed by atoms with E-state index in [9.17, 15) is 0 Å². The van der Waals surface area contributed by atoms with Crippen LogP contribution in [-0.4, -0.2) is 26.3 Å². The van der Waals surface area contributed by atoms with Crippen LogP contribution in [-0.2, 0) is 11.2 Å². The zero-order valence-corrected chi connectivity index (χ0v) is 13.3. The Bertz CT molecular complexity index is 325. The Kier molecular flexibility index (Phi) is 7.35. The summed E-state index contributed by atoms with van der Waals surface area (Å²) in [5, 5.41) is 3.37. The van der Waals surface area contributed by atoms with Crippen molar-refractivity contribution in [2.45, 2.75) is 27.2 Å². The van der Waals surface area contributed by atoms with Crippen LogP contribution in [0.25, 0.3) is 0 Å². The third kappa shape index (κ3) is 6.55. The lowest BCUT2D eigenvalue weighted by Crippen LogP contribution is -2.24. The molecule has 0 aromatic carbocycles. The number of nitrogens with one attached hydrogen (secondary N) is 1. The topological polar surface area (TPSA) is 21.3 Å². The Hall–Kier alpha value is 0.1000. The molecule has 4 heteroatoms. The SMILES string of the molecule is Cc1cc(Br)c(CCOCCNCC(C)C)s1. The summed E-state index contributed by atoms with van der Waals surface area (Å²) in [6, 6.07) is 2.17. The molecule has 0 atom stereocenters. The van der Waals surface area contributed by atoms with Crippen molar-refractivity contribution in [3.63, 3.8) is 0 Å². The fourth-order valence-electron chi connectivity index (χ4n) is 1.50. The second-order valence-corrected chi connectivity index (χ2v) is 6.78. The molecular weight excluding hydrogens is 298 g/mol. The van der Waals surface area contributed by atoms with E-state index in [1.165, 1.54) is 14.2 Å². The molecule has 0 unspecified atom stereocenters. The molecule has 0 saturated heterocycles. The van der Waals surface area contributed by atoms with Crippen molar-refractivity contribution < 1.29 is 4.74 Å². The van der Waals surface area contributed by atoms with Crippen molar-refractivity contribution in [1.29, 1.82) is 0 Å². The van der Waals surface area contributed by atoms with E-state index in [-0.39, 0.29) is 0 Å². The second-order valence-electron chi connectivity index (χ2n) is 4.59. The summed E-state index contributed by atoms with van der Waals surface area (Å²) < 4.78 is 6.83. The number of halogens is 1. The summed E-state index contributed by atoms with van der Waals surface area (Å²) in [6.45, 7) is 10.2. The molecule has 0 spiro atoms. The van der Waals surface area contributed by atoms with Crippen LogP contribution in [0.1, 0.15) is 23.6 Å². The van der Waals surface area contributed by atoms with Crippen molar-refractivity contribution >= 4 is 27.3 Å². The van der Waals surface area contributed by atoms with E-state index < -0.39 is 0 Å². The van der Waals surface area contributed by atoms with Gasteiger partial charge in [0.25, 0.3) is 0 Å². The highest BCUT2D eigenvalue weighted by Gasteiger charge is 2.03. The number of hydrogen-bond acceptors (Lipinski definition) is 3. The Balaban J connectivity index is 2.03. The molecule has 1 rings (SSSR count). The first-order valence-electron chi connectivity index (χ1n) is 6.13. The Morgan fingerprint density at radius 1 is 1.41 bits per heavy atom. The fraction of sp³-hybridized carbons (Fsp3) is 0.692. The normalized spacial score (nSPS) is 11.4. The predicted octanol–water partition coefficient (Wildman–Crippen LogP) is 3.62. The largest absolute Gasteiger partial charge is 0.380 e. The highest BCUT2D eigenvalue weighted by atomic mass is 79.9. The van der Waals surface area contributed by atoms with Crippen LogP contribution in [0, 0.1) is 12.8 Å². The number of aryl methyl sites for hydroxylation is 1. The molecule has 0 aliphatic rings. The molecule has 1 aromatic heterocycles. The molecule has 0 fully saturated rings. The number of rotatable bonds is 8. The lowest BCUT2D eigenvalue weighted by molar-refractivity contribution is 0.139. The van der Waals surface area contributed by atoms with E-state index in [4.69, 9.17) is 4.74 Å². The molecule has 0 aliphatic carbocycles. The van der Waals surface area contributed by atoms with E-state index >= 15 is 0 Å². The van der Waals surface area contributed by atoms with Gasteiger partial charge in [0.2, 0.25) is 0 Å². The van der Waals surface area contributed by atoms with E-state index in [1.54, 1.807) is 0 Å². The average molecular weight is 320 g/mol. The molecule has 0 bridgehead atoms. The second kappa shape index (κ2) is 8.25. The highest BCUT2D eigenvalue weighted by Crippen LogP contribution is 2.27. The van der Waals surface area contributed by atoms with E-state index in [0.29, 0.717) is 5.92 Å². The molecule has 1 aromatic rings. The Morgan fingerprint density at radius 2 is 2.18 bits per heavy atom. The van der Waals surface area contributed by atoms with Crippen molar-refractivity contribution in [3.8, 4) is 0 Å². The predicted molar refractivity (Wildman–Crippen MR) is 79.0 cm³/mol. The molecule has 98 valence electrons. The van der Waals surface area contributed by atoms with Crippen LogP contribution in [0.15, 0.2) is 10.5 Å². The van der Waals surface area contributed by atoms with E-state index in [2.05, 4.69) is 48.1 Å². The van der Waals surface area contributed by atoms with E-state index in [0.717, 1.165) is 32.7 Å². The number of hydrogen-bond donors (Lipinski definition) is 1. The van der Waals surface area contributed by atoms with Crippen LogP contribution in [0.4, 0.5) is 0 Å². The van der Waals surface area contributed by atoms with Crippen LogP contribution >= 0.6 is 27.3 Å². The summed E-state index contributed by atoms with van der Waals surface area (Å²) in [6.07, 6.45) is 1.00. The lowest BCUT2D eigenvalue weighted by Gasteiger charge is -2.07. The van der Waals surface area contributed by atoms with Gasteiger partial charge in [-0.05, 0) is 41.4 Å². The van der Waals surface area contributed by atoms with Crippen LogP contribution < -0.4 is 5.32 Å². The van der Waals surface area contributed by atoms with Gasteiger partial charge in [0.05, 0.1) is 13.2 Å². The smallest absolute Gasteiger partial charge is 0.0591 e. The van der Waals surface area contributed by atoms with Gasteiger partial charge in [0.1, 0.15) is 0 Å². The van der Waals surface area contributed by atoms with Gasteiger partial charge in [-0.1, -0.05) is 13.8 Å². The van der Waals surface area contributed by atoms with Crippen LogP contribution in [0.3, 0.4) is 0 Å². The van der Waals surface area contributed by atoms with Gasteiger partial charge in [-0.2, -0.15) is 0 Å². The number of ether oxygens (including phenoxy) is 1. The van der Waals surface area contributed by atoms with Gasteiger partial charge in [-0.15, -0.1) is 11.3 Å². The summed E-state index contributed by atoms with van der Waals surface area (Å²) in [5.41, 5.74) is 0. The molecule has 0 amide bonds. The standard InChI is InChI=1S/C13H22BrNOS/c1-10(2)9-15-5-7-16-6-4-13-12(14)8-11(3)17-13/h8,10,15H,4-7,9H2,1-3H3. The molecule has 1 heterocycles. The maximum atomic E-state index is 5.61. The van der Waals surface area contributed by atoms with Gasteiger partial charge < -0.3 is 10.1 Å². The quantitative estimate of drug-likeness (QED) is 0.739. The Labute approximate surface area is 117 Å². The van der Waals surface area contributed by atoms with Gasteiger partial charge in [0.15, 0.2) is 0 Å². The molecule has 2 nitrogen and oxygen atoms in total. The molecule has 0 saturated carbocycles. The molecule has 0 aliphatic heterocycles. The third-order valence-electron chi connectivity index (χ3n) is 2.33. The highest BCUT2D eigenvalue weighted by molar-refractivity contribution is 9.10. The summed E-state index contributed by atoms with van der Waals surface area (Å²) >= 11 is 5.41. The molecule has 17 heavy (non-hydrogen) atoms. The van der Waals surface area contributed by atoms with Gasteiger partial charge in [0, 0.05) is 27.2 Å². The van der Waals surface area contributed by atoms with E-state index in [1.807, 2.05) is 11.3 Å². The fourth-order valence-corrected chi connectivity index (χ4v) is 3.35. The third-order valence-corrected chi connectivity index (χ3v) is 4.41. The van der Waals surface area contributed by atoms with Crippen LogP contribution in [0.2, 0.25) is 0 Å². The molecule has 1 N–H and O–H groups in total. The zero-order chi connectivity index (χ0) is 12.7. The van der Waals surface area contributed by atoms with Gasteiger partial charge in [-0.3, -0.25) is 0 Å². The van der Waals surface area contributed by atoms with Crippen molar-refractivity contribution in [1.82, 2.24) is 5.32 Å². The van der Waals surface area contributed by atoms with Crippen molar-refractivity contribution in [2.24, 2.45) is 5.92 Å². The first-order valence-corrected chi connectivity index (χ1v) is 7.74. The molecular formula is C13H22BrNOS. The first-order chi connectivity index (χ1) is 8.09. The maximum absolute atomic E-state index is 5.61. The zero-order valence-electron chi connectivity index (χ0n) is 10.9. The minimum atomic E-state index is 0.708. The summed E-state index contributed by atoms with van der Waals surface area (Å²) in [5.74, 6) is 0.708. The maximum Gasteiger partial charge on any atom is 0.0591 e.